The maximum absolute atomic E-state index is 10.9. The molecule has 1 rings (SSSR count). The predicted molar refractivity (Wildman–Crippen MR) is 64.0 cm³/mol. The molecule has 0 spiro atoms. The molecule has 0 aromatic heterocycles. The summed E-state index contributed by atoms with van der Waals surface area (Å²) in [5.74, 6) is 0.0613. The summed E-state index contributed by atoms with van der Waals surface area (Å²) >= 11 is 0. The van der Waals surface area contributed by atoms with Crippen LogP contribution in [0, 0.1) is 13.8 Å². The van der Waals surface area contributed by atoms with E-state index >= 15 is 0 Å². The van der Waals surface area contributed by atoms with E-state index in [1.165, 1.54) is 11.1 Å². The Labute approximate surface area is 91.0 Å². The summed E-state index contributed by atoms with van der Waals surface area (Å²) in [6.45, 7) is 7.55. The summed E-state index contributed by atoms with van der Waals surface area (Å²) in [5, 5.41) is 3.25. The number of anilines is 1. The number of hydrogen-bond acceptors (Lipinski definition) is 2. The van der Waals surface area contributed by atoms with E-state index in [1.54, 1.807) is 13.0 Å². The van der Waals surface area contributed by atoms with E-state index in [0.717, 1.165) is 11.4 Å². The molecule has 0 saturated heterocycles. The topological polar surface area (TPSA) is 29.1 Å². The third-order valence-corrected chi connectivity index (χ3v) is 2.22. The third kappa shape index (κ3) is 3.24. The van der Waals surface area contributed by atoms with Gasteiger partial charge in [-0.2, -0.15) is 0 Å². The molecule has 1 aromatic rings. The van der Waals surface area contributed by atoms with Gasteiger partial charge in [0.25, 0.3) is 0 Å². The van der Waals surface area contributed by atoms with E-state index in [9.17, 15) is 4.79 Å². The SMILES string of the molecule is CC(=O)C=C(C)Nc1c(C)cccc1C. The highest BCUT2D eigenvalue weighted by atomic mass is 16.1. The molecule has 1 aromatic carbocycles. The van der Waals surface area contributed by atoms with Crippen LogP contribution in [0.1, 0.15) is 25.0 Å². The van der Waals surface area contributed by atoms with Crippen molar-refractivity contribution in [3.63, 3.8) is 0 Å². The van der Waals surface area contributed by atoms with Gasteiger partial charge in [0.15, 0.2) is 5.78 Å². The van der Waals surface area contributed by atoms with Gasteiger partial charge in [0.05, 0.1) is 0 Å². The molecule has 0 amide bonds. The maximum atomic E-state index is 10.9. The highest BCUT2D eigenvalue weighted by molar-refractivity contribution is 5.88. The Bertz CT molecular complexity index is 385. The number of benzene rings is 1. The second-order valence-corrected chi connectivity index (χ2v) is 3.83. The fourth-order valence-corrected chi connectivity index (χ4v) is 1.55. The molecule has 2 heteroatoms. The van der Waals surface area contributed by atoms with E-state index in [2.05, 4.69) is 31.3 Å². The molecule has 2 nitrogen and oxygen atoms in total. The summed E-state index contributed by atoms with van der Waals surface area (Å²) in [5.41, 5.74) is 4.34. The number of aryl methyl sites for hydroxylation is 2. The first kappa shape index (κ1) is 11.5. The lowest BCUT2D eigenvalue weighted by Crippen LogP contribution is -2.01. The van der Waals surface area contributed by atoms with E-state index < -0.39 is 0 Å². The van der Waals surface area contributed by atoms with Crippen molar-refractivity contribution in [3.05, 3.63) is 41.1 Å². The Morgan fingerprint density at radius 1 is 1.20 bits per heavy atom. The van der Waals surface area contributed by atoms with Crippen LogP contribution in [-0.2, 0) is 4.79 Å². The number of para-hydroxylation sites is 1. The van der Waals surface area contributed by atoms with Gasteiger partial charge in [-0.25, -0.2) is 0 Å². The van der Waals surface area contributed by atoms with E-state index in [0.29, 0.717) is 0 Å². The van der Waals surface area contributed by atoms with Gasteiger partial charge < -0.3 is 5.32 Å². The Balaban J connectivity index is 2.94. The Hall–Kier alpha value is -1.57. The minimum atomic E-state index is 0.0613. The van der Waals surface area contributed by atoms with Crippen LogP contribution in [0.3, 0.4) is 0 Å². The maximum Gasteiger partial charge on any atom is 0.154 e. The summed E-state index contributed by atoms with van der Waals surface area (Å²) < 4.78 is 0. The van der Waals surface area contributed by atoms with Gasteiger partial charge >= 0.3 is 0 Å². The highest BCUT2D eigenvalue weighted by Gasteiger charge is 2.01. The van der Waals surface area contributed by atoms with Gasteiger partial charge in [0.1, 0.15) is 0 Å². The minimum absolute atomic E-state index is 0.0613. The minimum Gasteiger partial charge on any atom is -0.359 e. The Morgan fingerprint density at radius 2 is 1.73 bits per heavy atom. The fourth-order valence-electron chi connectivity index (χ4n) is 1.55. The summed E-state index contributed by atoms with van der Waals surface area (Å²) in [6, 6.07) is 6.13. The number of carbonyl (C=O) groups excluding carboxylic acids is 1. The standard InChI is InChI=1S/C13H17NO/c1-9-6-5-7-10(2)13(9)14-11(3)8-12(4)15/h5-8,14H,1-4H3. The van der Waals surface area contributed by atoms with Crippen LogP contribution in [0.2, 0.25) is 0 Å². The van der Waals surface area contributed by atoms with Crippen LogP contribution in [0.5, 0.6) is 0 Å². The first-order chi connectivity index (χ1) is 7.00. The first-order valence-corrected chi connectivity index (χ1v) is 5.03. The number of rotatable bonds is 3. The lowest BCUT2D eigenvalue weighted by molar-refractivity contribution is -0.112. The summed E-state index contributed by atoms with van der Waals surface area (Å²) in [4.78, 5) is 10.9. The van der Waals surface area contributed by atoms with Gasteiger partial charge in [0, 0.05) is 11.4 Å². The number of hydrogen-bond donors (Lipinski definition) is 1. The van der Waals surface area contributed by atoms with Crippen molar-refractivity contribution in [2.24, 2.45) is 0 Å². The van der Waals surface area contributed by atoms with Gasteiger partial charge in [-0.15, -0.1) is 0 Å². The monoisotopic (exact) mass is 203 g/mol. The van der Waals surface area contributed by atoms with Crippen LogP contribution >= 0.6 is 0 Å². The molecular weight excluding hydrogens is 186 g/mol. The van der Waals surface area contributed by atoms with E-state index in [-0.39, 0.29) is 5.78 Å². The molecule has 0 saturated carbocycles. The van der Waals surface area contributed by atoms with Crippen molar-refractivity contribution in [1.29, 1.82) is 0 Å². The molecule has 0 aliphatic carbocycles. The van der Waals surface area contributed by atoms with Gasteiger partial charge in [-0.1, -0.05) is 18.2 Å². The van der Waals surface area contributed by atoms with Crippen molar-refractivity contribution in [3.8, 4) is 0 Å². The fraction of sp³-hybridized carbons (Fsp3) is 0.308. The molecule has 0 atom stereocenters. The molecule has 0 radical (unpaired) electrons. The largest absolute Gasteiger partial charge is 0.359 e. The summed E-state index contributed by atoms with van der Waals surface area (Å²) in [7, 11) is 0. The van der Waals surface area contributed by atoms with Gasteiger partial charge in [-0.3, -0.25) is 4.79 Å². The molecule has 0 bridgehead atoms. The summed E-state index contributed by atoms with van der Waals surface area (Å²) in [6.07, 6.45) is 1.60. The van der Waals surface area contributed by atoms with Crippen molar-refractivity contribution >= 4 is 11.5 Å². The van der Waals surface area contributed by atoms with Crippen LogP contribution in [0.4, 0.5) is 5.69 Å². The Kier molecular flexibility index (Phi) is 3.67. The van der Waals surface area contributed by atoms with Crippen LogP contribution in [-0.4, -0.2) is 5.78 Å². The second-order valence-electron chi connectivity index (χ2n) is 3.83. The molecule has 80 valence electrons. The predicted octanol–water partition coefficient (Wildman–Crippen LogP) is 3.21. The lowest BCUT2D eigenvalue weighted by atomic mass is 10.1. The zero-order valence-electron chi connectivity index (χ0n) is 9.72. The van der Waals surface area contributed by atoms with Crippen LogP contribution < -0.4 is 5.32 Å². The van der Waals surface area contributed by atoms with E-state index in [4.69, 9.17) is 0 Å². The highest BCUT2D eigenvalue weighted by Crippen LogP contribution is 2.20. The first-order valence-electron chi connectivity index (χ1n) is 5.03. The molecule has 1 N–H and O–H groups in total. The van der Waals surface area contributed by atoms with Crippen LogP contribution in [0.15, 0.2) is 30.0 Å². The van der Waals surface area contributed by atoms with Crippen LogP contribution in [0.25, 0.3) is 0 Å². The zero-order valence-corrected chi connectivity index (χ0v) is 9.72. The van der Waals surface area contributed by atoms with Gasteiger partial charge in [0.2, 0.25) is 0 Å². The smallest absolute Gasteiger partial charge is 0.154 e. The van der Waals surface area contributed by atoms with Crippen molar-refractivity contribution < 1.29 is 4.79 Å². The number of nitrogens with one attached hydrogen (secondary N) is 1. The van der Waals surface area contributed by atoms with Crippen molar-refractivity contribution in [1.82, 2.24) is 0 Å². The Morgan fingerprint density at radius 3 is 2.20 bits per heavy atom. The average molecular weight is 203 g/mol. The van der Waals surface area contributed by atoms with Crippen molar-refractivity contribution in [2.45, 2.75) is 27.7 Å². The normalized spacial score (nSPS) is 11.3. The average Bonchev–Trinajstić information content (AvgIpc) is 2.10. The van der Waals surface area contributed by atoms with E-state index in [1.807, 2.05) is 13.0 Å². The lowest BCUT2D eigenvalue weighted by Gasteiger charge is -2.12. The quantitative estimate of drug-likeness (QED) is 0.764. The molecule has 0 fully saturated rings. The second kappa shape index (κ2) is 4.78. The number of allylic oxidation sites excluding steroid dienone is 2. The zero-order chi connectivity index (χ0) is 11.4. The molecule has 0 aliphatic rings. The number of ketones is 1. The molecular formula is C13H17NO. The van der Waals surface area contributed by atoms with Crippen molar-refractivity contribution in [2.75, 3.05) is 5.32 Å². The molecule has 15 heavy (non-hydrogen) atoms. The molecule has 0 aliphatic heterocycles. The third-order valence-electron chi connectivity index (χ3n) is 2.22. The molecule has 0 unspecified atom stereocenters. The molecule has 0 heterocycles. The van der Waals surface area contributed by atoms with Gasteiger partial charge in [-0.05, 0) is 44.9 Å². The number of carbonyl (C=O) groups is 1.